The van der Waals surface area contributed by atoms with Gasteiger partial charge in [-0.3, -0.25) is 19.6 Å². The molecule has 134 valence electrons. The first kappa shape index (κ1) is 19.3. The third kappa shape index (κ3) is 5.23. The van der Waals surface area contributed by atoms with Crippen molar-refractivity contribution in [1.29, 1.82) is 0 Å². The molecule has 1 aromatic carbocycles. The lowest BCUT2D eigenvalue weighted by Gasteiger charge is -2.17. The SMILES string of the molecule is CCN(CC)CCn1cc(NC(=O)c2cc([N+](=O)[O-])ccc2I)cn1. The number of nitrogens with one attached hydrogen (secondary N) is 1. The first-order chi connectivity index (χ1) is 11.9. The van der Waals surface area contributed by atoms with E-state index in [0.717, 1.165) is 26.2 Å². The van der Waals surface area contributed by atoms with E-state index >= 15 is 0 Å². The van der Waals surface area contributed by atoms with Crippen molar-refractivity contribution in [3.63, 3.8) is 0 Å². The van der Waals surface area contributed by atoms with Crippen LogP contribution < -0.4 is 5.32 Å². The second-order valence-electron chi connectivity index (χ2n) is 5.39. The van der Waals surface area contributed by atoms with Crippen molar-refractivity contribution in [3.8, 4) is 0 Å². The van der Waals surface area contributed by atoms with Gasteiger partial charge in [0.2, 0.25) is 0 Å². The number of likely N-dealkylation sites (N-methyl/N-ethyl adjacent to an activating group) is 1. The minimum absolute atomic E-state index is 0.111. The maximum atomic E-state index is 12.4. The molecule has 1 aromatic heterocycles. The van der Waals surface area contributed by atoms with E-state index in [0.29, 0.717) is 9.26 Å². The maximum absolute atomic E-state index is 12.4. The van der Waals surface area contributed by atoms with Crippen molar-refractivity contribution in [2.45, 2.75) is 20.4 Å². The molecule has 1 N–H and O–H groups in total. The zero-order valence-electron chi connectivity index (χ0n) is 14.1. The van der Waals surface area contributed by atoms with Crippen molar-refractivity contribution >= 4 is 39.9 Å². The van der Waals surface area contributed by atoms with Crippen LogP contribution in [-0.2, 0) is 6.54 Å². The van der Waals surface area contributed by atoms with Crippen LogP contribution in [0.25, 0.3) is 0 Å². The summed E-state index contributed by atoms with van der Waals surface area (Å²) >= 11 is 1.98. The largest absolute Gasteiger partial charge is 0.319 e. The number of nitro benzene ring substituents is 1. The number of hydrogen-bond donors (Lipinski definition) is 1. The summed E-state index contributed by atoms with van der Waals surface area (Å²) in [5.74, 6) is -0.392. The first-order valence-electron chi connectivity index (χ1n) is 7.94. The zero-order valence-corrected chi connectivity index (χ0v) is 16.3. The van der Waals surface area contributed by atoms with E-state index in [2.05, 4.69) is 29.2 Å². The van der Waals surface area contributed by atoms with E-state index in [1.165, 1.54) is 12.1 Å². The van der Waals surface area contributed by atoms with E-state index in [9.17, 15) is 14.9 Å². The number of rotatable bonds is 8. The fourth-order valence-corrected chi connectivity index (χ4v) is 2.91. The molecule has 8 nitrogen and oxygen atoms in total. The predicted molar refractivity (Wildman–Crippen MR) is 104 cm³/mol. The fourth-order valence-electron chi connectivity index (χ4n) is 2.33. The van der Waals surface area contributed by atoms with Gasteiger partial charge in [0.05, 0.1) is 28.9 Å². The van der Waals surface area contributed by atoms with Crippen LogP contribution in [0, 0.1) is 13.7 Å². The number of halogens is 1. The number of benzene rings is 1. The summed E-state index contributed by atoms with van der Waals surface area (Å²) in [4.78, 5) is 25.0. The Morgan fingerprint density at radius 1 is 1.40 bits per heavy atom. The average Bonchev–Trinajstić information content (AvgIpc) is 3.03. The van der Waals surface area contributed by atoms with Crippen LogP contribution in [0.15, 0.2) is 30.6 Å². The molecule has 2 rings (SSSR count). The average molecular weight is 457 g/mol. The number of carbonyl (C=O) groups is 1. The van der Waals surface area contributed by atoms with Crippen molar-refractivity contribution in [2.75, 3.05) is 25.0 Å². The Balaban J connectivity index is 2.04. The van der Waals surface area contributed by atoms with Crippen molar-refractivity contribution < 1.29 is 9.72 Å². The standard InChI is InChI=1S/C16H20IN5O3/c1-3-20(4-2)7-8-21-11-12(10-18-21)19-16(23)14-9-13(22(24)25)5-6-15(14)17/h5-6,9-11H,3-4,7-8H2,1-2H3,(H,19,23). The number of amides is 1. The van der Waals surface area contributed by atoms with Gasteiger partial charge in [-0.15, -0.1) is 0 Å². The third-order valence-corrected chi connectivity index (χ3v) is 4.78. The summed E-state index contributed by atoms with van der Waals surface area (Å²) in [6, 6.07) is 4.22. The summed E-state index contributed by atoms with van der Waals surface area (Å²) in [7, 11) is 0. The molecule has 0 spiro atoms. The lowest BCUT2D eigenvalue weighted by molar-refractivity contribution is -0.384. The molecule has 1 amide bonds. The molecule has 2 aromatic rings. The number of nitrogens with zero attached hydrogens (tertiary/aromatic N) is 4. The molecule has 0 aliphatic carbocycles. The smallest absolute Gasteiger partial charge is 0.270 e. The van der Waals surface area contributed by atoms with Crippen LogP contribution >= 0.6 is 22.6 Å². The minimum atomic E-state index is -0.516. The Labute approximate surface area is 159 Å². The van der Waals surface area contributed by atoms with Gasteiger partial charge >= 0.3 is 0 Å². The van der Waals surface area contributed by atoms with Crippen LogP contribution in [0.2, 0.25) is 0 Å². The second-order valence-corrected chi connectivity index (χ2v) is 6.56. The van der Waals surface area contributed by atoms with Crippen molar-refractivity contribution in [2.24, 2.45) is 0 Å². The quantitative estimate of drug-likeness (QED) is 0.374. The summed E-state index contributed by atoms with van der Waals surface area (Å²) in [6.45, 7) is 7.79. The Morgan fingerprint density at radius 2 is 2.12 bits per heavy atom. The molecule has 0 unspecified atom stereocenters. The zero-order chi connectivity index (χ0) is 18.4. The molecule has 9 heteroatoms. The van der Waals surface area contributed by atoms with Gasteiger partial charge in [0.25, 0.3) is 11.6 Å². The van der Waals surface area contributed by atoms with E-state index in [-0.39, 0.29) is 11.3 Å². The summed E-state index contributed by atoms with van der Waals surface area (Å²) < 4.78 is 2.42. The molecule has 0 bridgehead atoms. The Bertz CT molecular complexity index is 758. The van der Waals surface area contributed by atoms with E-state index in [4.69, 9.17) is 0 Å². The highest BCUT2D eigenvalue weighted by molar-refractivity contribution is 14.1. The predicted octanol–water partition coefficient (Wildman–Crippen LogP) is 2.99. The van der Waals surface area contributed by atoms with Crippen molar-refractivity contribution in [1.82, 2.24) is 14.7 Å². The van der Waals surface area contributed by atoms with Gasteiger partial charge in [-0.2, -0.15) is 5.10 Å². The number of hydrogen-bond acceptors (Lipinski definition) is 5. The molecular formula is C16H20IN5O3. The Kier molecular flexibility index (Phi) is 6.88. The molecule has 0 saturated heterocycles. The number of carbonyl (C=O) groups excluding carboxylic acids is 1. The normalized spacial score (nSPS) is 10.9. The van der Waals surface area contributed by atoms with Gasteiger partial charge < -0.3 is 10.2 Å². The van der Waals surface area contributed by atoms with E-state index in [1.54, 1.807) is 23.1 Å². The third-order valence-electron chi connectivity index (χ3n) is 3.84. The maximum Gasteiger partial charge on any atom is 0.270 e. The summed E-state index contributed by atoms with van der Waals surface area (Å²) in [6.07, 6.45) is 3.33. The Morgan fingerprint density at radius 3 is 2.76 bits per heavy atom. The Hall–Kier alpha value is -2.01. The molecule has 0 atom stereocenters. The lowest BCUT2D eigenvalue weighted by Crippen LogP contribution is -2.27. The van der Waals surface area contributed by atoms with Crippen molar-refractivity contribution in [3.05, 3.63) is 49.8 Å². The van der Waals surface area contributed by atoms with Gasteiger partial charge in [0.15, 0.2) is 0 Å². The van der Waals surface area contributed by atoms with Gasteiger partial charge in [-0.25, -0.2) is 0 Å². The number of aromatic nitrogens is 2. The number of nitro groups is 1. The van der Waals surface area contributed by atoms with Gasteiger partial charge in [0, 0.05) is 28.4 Å². The topological polar surface area (TPSA) is 93.3 Å². The van der Waals surface area contributed by atoms with Crippen LogP contribution in [0.5, 0.6) is 0 Å². The highest BCUT2D eigenvalue weighted by Crippen LogP contribution is 2.20. The molecule has 0 fully saturated rings. The van der Waals surface area contributed by atoms with Gasteiger partial charge in [-0.05, 0) is 41.7 Å². The highest BCUT2D eigenvalue weighted by Gasteiger charge is 2.16. The summed E-state index contributed by atoms with van der Waals surface area (Å²) in [5.41, 5.74) is 0.720. The molecular weight excluding hydrogens is 437 g/mol. The number of anilines is 1. The summed E-state index contributed by atoms with van der Waals surface area (Å²) in [5, 5.41) is 17.9. The lowest BCUT2D eigenvalue weighted by atomic mass is 10.2. The van der Waals surface area contributed by atoms with Crippen LogP contribution in [0.4, 0.5) is 11.4 Å². The van der Waals surface area contributed by atoms with Crippen LogP contribution in [0.1, 0.15) is 24.2 Å². The van der Waals surface area contributed by atoms with Gasteiger partial charge in [0.1, 0.15) is 0 Å². The van der Waals surface area contributed by atoms with E-state index < -0.39 is 10.8 Å². The van der Waals surface area contributed by atoms with E-state index in [1.807, 2.05) is 22.6 Å². The van der Waals surface area contributed by atoms with Crippen LogP contribution in [0.3, 0.4) is 0 Å². The molecule has 1 heterocycles. The molecule has 0 aliphatic heterocycles. The number of non-ortho nitro benzene ring substituents is 1. The first-order valence-corrected chi connectivity index (χ1v) is 9.02. The molecule has 0 saturated carbocycles. The minimum Gasteiger partial charge on any atom is -0.319 e. The molecule has 0 aliphatic rings. The molecule has 25 heavy (non-hydrogen) atoms. The van der Waals surface area contributed by atoms with Crippen LogP contribution in [-0.4, -0.2) is 45.1 Å². The highest BCUT2D eigenvalue weighted by atomic mass is 127. The molecule has 0 radical (unpaired) electrons. The fraction of sp³-hybridized carbons (Fsp3) is 0.375. The monoisotopic (exact) mass is 457 g/mol. The second kappa shape index (κ2) is 8.90. The van der Waals surface area contributed by atoms with Gasteiger partial charge in [-0.1, -0.05) is 13.8 Å².